The third-order valence-electron chi connectivity index (χ3n) is 4.17. The third-order valence-corrected chi connectivity index (χ3v) is 4.17. The molecule has 0 saturated heterocycles. The van der Waals surface area contributed by atoms with E-state index in [-0.39, 0.29) is 0 Å². The number of hydrogen-bond donors (Lipinski definition) is 0. The molecule has 2 aromatic carbocycles. The SMILES string of the molecule is CC(C)(C)CC(C)(C)CC(c1ccccc1)c1ccccc1. The molecule has 2 aromatic rings. The first-order valence-corrected chi connectivity index (χ1v) is 8.37. The summed E-state index contributed by atoms with van der Waals surface area (Å²) < 4.78 is 0. The average molecular weight is 294 g/mol. The van der Waals surface area contributed by atoms with E-state index in [1.54, 1.807) is 0 Å². The van der Waals surface area contributed by atoms with Gasteiger partial charge in [0.25, 0.3) is 0 Å². The average Bonchev–Trinajstić information content (AvgIpc) is 2.44. The Morgan fingerprint density at radius 3 is 1.45 bits per heavy atom. The van der Waals surface area contributed by atoms with Gasteiger partial charge in [-0.2, -0.15) is 0 Å². The van der Waals surface area contributed by atoms with Gasteiger partial charge in [-0.05, 0) is 34.8 Å². The van der Waals surface area contributed by atoms with Crippen molar-refractivity contribution >= 4 is 0 Å². The minimum Gasteiger partial charge on any atom is -0.0622 e. The second-order valence-electron chi connectivity index (χ2n) is 8.48. The summed E-state index contributed by atoms with van der Waals surface area (Å²) >= 11 is 0. The van der Waals surface area contributed by atoms with E-state index in [0.29, 0.717) is 16.7 Å². The molecule has 0 radical (unpaired) electrons. The topological polar surface area (TPSA) is 0 Å². The largest absolute Gasteiger partial charge is 0.0622 e. The second-order valence-corrected chi connectivity index (χ2v) is 8.48. The van der Waals surface area contributed by atoms with Crippen LogP contribution in [0, 0.1) is 10.8 Å². The van der Waals surface area contributed by atoms with Crippen molar-refractivity contribution in [3.63, 3.8) is 0 Å². The fraction of sp³-hybridized carbons (Fsp3) is 0.455. The van der Waals surface area contributed by atoms with Gasteiger partial charge in [0.05, 0.1) is 0 Å². The molecule has 0 spiro atoms. The summed E-state index contributed by atoms with van der Waals surface area (Å²) in [5.74, 6) is 0.472. The fourth-order valence-corrected chi connectivity index (χ4v) is 3.86. The molecule has 0 unspecified atom stereocenters. The Bertz CT molecular complexity index is 518. The lowest BCUT2D eigenvalue weighted by Crippen LogP contribution is -2.23. The first-order valence-electron chi connectivity index (χ1n) is 8.37. The fourth-order valence-electron chi connectivity index (χ4n) is 3.86. The van der Waals surface area contributed by atoms with Crippen molar-refractivity contribution in [2.24, 2.45) is 10.8 Å². The minimum atomic E-state index is 0.314. The summed E-state index contributed by atoms with van der Waals surface area (Å²) in [6.45, 7) is 11.9. The van der Waals surface area contributed by atoms with E-state index < -0.39 is 0 Å². The van der Waals surface area contributed by atoms with Gasteiger partial charge in [0.1, 0.15) is 0 Å². The summed E-state index contributed by atoms with van der Waals surface area (Å²) in [7, 11) is 0. The molecular weight excluding hydrogens is 264 g/mol. The predicted octanol–water partition coefficient (Wildman–Crippen LogP) is 6.67. The molecule has 2 rings (SSSR count). The minimum absolute atomic E-state index is 0.314. The van der Waals surface area contributed by atoms with Crippen molar-refractivity contribution in [3.05, 3.63) is 71.8 Å². The normalized spacial score (nSPS) is 12.6. The summed E-state index contributed by atoms with van der Waals surface area (Å²) in [6, 6.07) is 21.9. The monoisotopic (exact) mass is 294 g/mol. The molecule has 0 saturated carbocycles. The molecule has 0 N–H and O–H groups in total. The first kappa shape index (κ1) is 16.8. The van der Waals surface area contributed by atoms with Gasteiger partial charge in [-0.15, -0.1) is 0 Å². The van der Waals surface area contributed by atoms with Crippen LogP contribution >= 0.6 is 0 Å². The molecule has 0 amide bonds. The van der Waals surface area contributed by atoms with Gasteiger partial charge in [0, 0.05) is 5.92 Å². The smallest absolute Gasteiger partial charge is 0.00944 e. The lowest BCUT2D eigenvalue weighted by molar-refractivity contribution is 0.192. The Morgan fingerprint density at radius 1 is 0.682 bits per heavy atom. The maximum atomic E-state index is 2.41. The highest BCUT2D eigenvalue weighted by atomic mass is 14.3. The Kier molecular flexibility index (Phi) is 5.11. The van der Waals surface area contributed by atoms with E-state index in [4.69, 9.17) is 0 Å². The van der Waals surface area contributed by atoms with Crippen molar-refractivity contribution in [2.45, 2.75) is 53.4 Å². The highest BCUT2D eigenvalue weighted by Gasteiger charge is 2.29. The van der Waals surface area contributed by atoms with Gasteiger partial charge in [-0.25, -0.2) is 0 Å². The van der Waals surface area contributed by atoms with Crippen LogP contribution in [0.4, 0.5) is 0 Å². The van der Waals surface area contributed by atoms with Crippen LogP contribution in [0.3, 0.4) is 0 Å². The van der Waals surface area contributed by atoms with Gasteiger partial charge >= 0.3 is 0 Å². The molecule has 0 aliphatic heterocycles. The van der Waals surface area contributed by atoms with Crippen molar-refractivity contribution in [3.8, 4) is 0 Å². The van der Waals surface area contributed by atoms with Crippen molar-refractivity contribution in [1.82, 2.24) is 0 Å². The van der Waals surface area contributed by atoms with Crippen LogP contribution in [0.15, 0.2) is 60.7 Å². The standard InChI is InChI=1S/C22H30/c1-21(2,3)17-22(4,5)16-20(18-12-8-6-9-13-18)19-14-10-7-11-15-19/h6-15,20H,16-17H2,1-5H3. The van der Waals surface area contributed by atoms with Crippen LogP contribution in [-0.4, -0.2) is 0 Å². The van der Waals surface area contributed by atoms with E-state index in [1.807, 2.05) is 0 Å². The zero-order chi connectivity index (χ0) is 16.2. The molecule has 0 aliphatic carbocycles. The van der Waals surface area contributed by atoms with E-state index in [0.717, 1.165) is 0 Å². The quantitative estimate of drug-likeness (QED) is 0.577. The Balaban J connectivity index is 2.30. The van der Waals surface area contributed by atoms with E-state index >= 15 is 0 Å². The maximum absolute atomic E-state index is 2.41. The zero-order valence-corrected chi connectivity index (χ0v) is 14.8. The number of benzene rings is 2. The number of hydrogen-bond acceptors (Lipinski definition) is 0. The van der Waals surface area contributed by atoms with Gasteiger partial charge < -0.3 is 0 Å². The van der Waals surface area contributed by atoms with Gasteiger partial charge in [0.15, 0.2) is 0 Å². The molecule has 0 aromatic heterocycles. The first-order chi connectivity index (χ1) is 10.3. The van der Waals surface area contributed by atoms with Crippen LogP contribution < -0.4 is 0 Å². The third kappa shape index (κ3) is 5.02. The van der Waals surface area contributed by atoms with Crippen LogP contribution in [0.1, 0.15) is 64.5 Å². The van der Waals surface area contributed by atoms with Crippen LogP contribution in [-0.2, 0) is 0 Å². The van der Waals surface area contributed by atoms with Crippen molar-refractivity contribution in [1.29, 1.82) is 0 Å². The molecule has 118 valence electrons. The Morgan fingerprint density at radius 2 is 1.09 bits per heavy atom. The molecule has 0 aliphatic rings. The van der Waals surface area contributed by atoms with E-state index in [2.05, 4.69) is 95.3 Å². The van der Waals surface area contributed by atoms with Crippen molar-refractivity contribution < 1.29 is 0 Å². The highest BCUT2D eigenvalue weighted by molar-refractivity contribution is 5.32. The number of rotatable bonds is 5. The van der Waals surface area contributed by atoms with Crippen LogP contribution in [0.2, 0.25) is 0 Å². The predicted molar refractivity (Wildman–Crippen MR) is 97.2 cm³/mol. The molecule has 22 heavy (non-hydrogen) atoms. The molecule has 0 fully saturated rings. The summed E-state index contributed by atoms with van der Waals surface area (Å²) in [5, 5.41) is 0. The Hall–Kier alpha value is -1.56. The summed E-state index contributed by atoms with van der Waals surface area (Å²) in [4.78, 5) is 0. The molecule has 0 bridgehead atoms. The lowest BCUT2D eigenvalue weighted by Gasteiger charge is -2.35. The molecule has 0 heterocycles. The van der Waals surface area contributed by atoms with Crippen LogP contribution in [0.25, 0.3) is 0 Å². The maximum Gasteiger partial charge on any atom is 0.00944 e. The summed E-state index contributed by atoms with van der Waals surface area (Å²) in [5.41, 5.74) is 3.53. The van der Waals surface area contributed by atoms with Gasteiger partial charge in [0.2, 0.25) is 0 Å². The molecular formula is C22H30. The van der Waals surface area contributed by atoms with Crippen LogP contribution in [0.5, 0.6) is 0 Å². The van der Waals surface area contributed by atoms with Crippen molar-refractivity contribution in [2.75, 3.05) is 0 Å². The van der Waals surface area contributed by atoms with E-state index in [1.165, 1.54) is 24.0 Å². The molecule has 0 atom stereocenters. The van der Waals surface area contributed by atoms with Gasteiger partial charge in [-0.3, -0.25) is 0 Å². The second kappa shape index (κ2) is 6.69. The Labute approximate surface area is 136 Å². The summed E-state index contributed by atoms with van der Waals surface area (Å²) in [6.07, 6.45) is 2.41. The zero-order valence-electron chi connectivity index (χ0n) is 14.8. The van der Waals surface area contributed by atoms with Gasteiger partial charge in [-0.1, -0.05) is 95.3 Å². The molecule has 0 nitrogen and oxygen atoms in total. The lowest BCUT2D eigenvalue weighted by atomic mass is 9.69. The van der Waals surface area contributed by atoms with E-state index in [9.17, 15) is 0 Å². The molecule has 0 heteroatoms. The highest BCUT2D eigenvalue weighted by Crippen LogP contribution is 2.42.